The Bertz CT molecular complexity index is 266. The molecular weight excluding hydrogens is 304 g/mol. The lowest BCUT2D eigenvalue weighted by Gasteiger charge is -2.34. The van der Waals surface area contributed by atoms with Crippen LogP contribution in [0.15, 0.2) is 0 Å². The zero-order valence-electron chi connectivity index (χ0n) is 18.2. The highest BCUT2D eigenvalue weighted by molar-refractivity contribution is 4.78. The fourth-order valence-electron chi connectivity index (χ4n) is 5.14. The van der Waals surface area contributed by atoms with Gasteiger partial charge in [0, 0.05) is 7.11 Å². The van der Waals surface area contributed by atoms with Gasteiger partial charge < -0.3 is 4.74 Å². The molecular formula is C24H48O. The predicted octanol–water partition coefficient (Wildman–Crippen LogP) is 8.02. The van der Waals surface area contributed by atoms with E-state index in [1.807, 2.05) is 21.0 Å². The molecule has 3 aliphatic rings. The summed E-state index contributed by atoms with van der Waals surface area (Å²) in [6.45, 7) is 8.72. The second-order valence-corrected chi connectivity index (χ2v) is 8.70. The summed E-state index contributed by atoms with van der Waals surface area (Å²) in [6.07, 6.45) is 21.1. The van der Waals surface area contributed by atoms with E-state index in [1.54, 1.807) is 25.7 Å². The van der Waals surface area contributed by atoms with Gasteiger partial charge in [0.15, 0.2) is 0 Å². The minimum atomic E-state index is 0.572. The first kappa shape index (κ1) is 23.0. The van der Waals surface area contributed by atoms with Gasteiger partial charge in [-0.2, -0.15) is 0 Å². The molecule has 0 saturated heterocycles. The van der Waals surface area contributed by atoms with Gasteiger partial charge in [0.25, 0.3) is 0 Å². The highest BCUT2D eigenvalue weighted by Crippen LogP contribution is 2.39. The van der Waals surface area contributed by atoms with Crippen molar-refractivity contribution in [1.29, 1.82) is 0 Å². The van der Waals surface area contributed by atoms with E-state index < -0.39 is 0 Å². The fourth-order valence-corrected chi connectivity index (χ4v) is 5.14. The van der Waals surface area contributed by atoms with Crippen LogP contribution in [0, 0.1) is 23.7 Å². The van der Waals surface area contributed by atoms with E-state index in [1.165, 1.54) is 64.2 Å². The first-order valence-corrected chi connectivity index (χ1v) is 11.8. The number of methoxy groups -OCH3 is 1. The van der Waals surface area contributed by atoms with Gasteiger partial charge >= 0.3 is 0 Å². The van der Waals surface area contributed by atoms with E-state index in [0.29, 0.717) is 6.10 Å². The van der Waals surface area contributed by atoms with Gasteiger partial charge in [-0.25, -0.2) is 0 Å². The summed E-state index contributed by atoms with van der Waals surface area (Å²) in [7, 11) is 1.83. The standard InChI is InChI=1S/C13H24.C9H18O.C2H6/c1-11-7-9-13(10-8-11)12-5-3-2-4-6-12;1-3-8-4-6-9(10-2)7-5-8;1-2/h11-13H,2-10H2,1H3;8-9H,3-7H2,1-2H3;1-2H3. The Morgan fingerprint density at radius 1 is 0.680 bits per heavy atom. The Labute approximate surface area is 159 Å². The van der Waals surface area contributed by atoms with Crippen molar-refractivity contribution in [2.45, 2.75) is 124 Å². The van der Waals surface area contributed by atoms with Crippen molar-refractivity contribution in [1.82, 2.24) is 0 Å². The van der Waals surface area contributed by atoms with Crippen molar-refractivity contribution < 1.29 is 4.74 Å². The molecule has 0 spiro atoms. The Balaban J connectivity index is 0.000000235. The monoisotopic (exact) mass is 352 g/mol. The van der Waals surface area contributed by atoms with Gasteiger partial charge in [-0.3, -0.25) is 0 Å². The molecule has 0 aromatic carbocycles. The first-order chi connectivity index (χ1) is 12.2. The summed E-state index contributed by atoms with van der Waals surface area (Å²) < 4.78 is 5.28. The Hall–Kier alpha value is -0.0400. The molecule has 0 heterocycles. The Morgan fingerprint density at radius 3 is 1.68 bits per heavy atom. The van der Waals surface area contributed by atoms with Crippen molar-refractivity contribution in [3.05, 3.63) is 0 Å². The van der Waals surface area contributed by atoms with Crippen LogP contribution in [-0.4, -0.2) is 13.2 Å². The van der Waals surface area contributed by atoms with Crippen LogP contribution < -0.4 is 0 Å². The Morgan fingerprint density at radius 2 is 1.20 bits per heavy atom. The number of ether oxygens (including phenoxy) is 1. The van der Waals surface area contributed by atoms with Gasteiger partial charge in [0.2, 0.25) is 0 Å². The quantitative estimate of drug-likeness (QED) is 0.499. The normalized spacial score (nSPS) is 33.5. The van der Waals surface area contributed by atoms with Gasteiger partial charge in [-0.15, -0.1) is 0 Å². The third kappa shape index (κ3) is 8.94. The molecule has 150 valence electrons. The van der Waals surface area contributed by atoms with Gasteiger partial charge in [-0.05, 0) is 62.2 Å². The minimum absolute atomic E-state index is 0.572. The summed E-state index contributed by atoms with van der Waals surface area (Å²) in [6, 6.07) is 0. The van der Waals surface area contributed by atoms with Crippen molar-refractivity contribution >= 4 is 0 Å². The molecule has 0 bridgehead atoms. The third-order valence-corrected chi connectivity index (χ3v) is 7.08. The van der Waals surface area contributed by atoms with Crippen molar-refractivity contribution in [3.63, 3.8) is 0 Å². The number of hydrogen-bond acceptors (Lipinski definition) is 1. The minimum Gasteiger partial charge on any atom is -0.381 e. The average Bonchev–Trinajstić information content (AvgIpc) is 2.71. The molecule has 3 fully saturated rings. The molecule has 0 radical (unpaired) electrons. The summed E-state index contributed by atoms with van der Waals surface area (Å²) in [5.41, 5.74) is 0. The number of hydrogen-bond donors (Lipinski definition) is 0. The van der Waals surface area contributed by atoms with E-state index in [0.717, 1.165) is 23.7 Å². The van der Waals surface area contributed by atoms with E-state index in [2.05, 4.69) is 13.8 Å². The summed E-state index contributed by atoms with van der Waals surface area (Å²) in [4.78, 5) is 0. The predicted molar refractivity (Wildman–Crippen MR) is 112 cm³/mol. The molecule has 0 N–H and O–H groups in total. The first-order valence-electron chi connectivity index (χ1n) is 11.8. The molecule has 0 aromatic heterocycles. The molecule has 3 saturated carbocycles. The SMILES string of the molecule is CC.CC1CCC(C2CCCCC2)CC1.CCC1CCC(OC)CC1. The summed E-state index contributed by atoms with van der Waals surface area (Å²) >= 11 is 0. The van der Waals surface area contributed by atoms with E-state index in [9.17, 15) is 0 Å². The van der Waals surface area contributed by atoms with Crippen LogP contribution in [0.25, 0.3) is 0 Å². The molecule has 3 rings (SSSR count). The molecule has 0 aromatic rings. The van der Waals surface area contributed by atoms with Crippen molar-refractivity contribution in [2.75, 3.05) is 7.11 Å². The second kappa shape index (κ2) is 14.1. The lowest BCUT2D eigenvalue weighted by molar-refractivity contribution is 0.0563. The summed E-state index contributed by atoms with van der Waals surface area (Å²) in [5.74, 6) is 4.27. The smallest absolute Gasteiger partial charge is 0.0571 e. The maximum Gasteiger partial charge on any atom is 0.0571 e. The van der Waals surface area contributed by atoms with E-state index in [4.69, 9.17) is 4.74 Å². The van der Waals surface area contributed by atoms with Crippen molar-refractivity contribution in [2.24, 2.45) is 23.7 Å². The molecule has 0 unspecified atom stereocenters. The van der Waals surface area contributed by atoms with Crippen molar-refractivity contribution in [3.8, 4) is 0 Å². The molecule has 0 amide bonds. The zero-order valence-corrected chi connectivity index (χ0v) is 18.2. The summed E-state index contributed by atoms with van der Waals surface area (Å²) in [5, 5.41) is 0. The molecule has 0 atom stereocenters. The molecule has 1 nitrogen and oxygen atoms in total. The zero-order chi connectivity index (χ0) is 18.5. The molecule has 1 heteroatoms. The molecule has 0 aliphatic heterocycles. The Kier molecular flexibility index (Phi) is 12.9. The third-order valence-electron chi connectivity index (χ3n) is 7.08. The highest BCUT2D eigenvalue weighted by Gasteiger charge is 2.26. The van der Waals surface area contributed by atoms with Crippen LogP contribution in [0.1, 0.15) is 118 Å². The molecule has 3 aliphatic carbocycles. The maximum atomic E-state index is 5.28. The maximum absolute atomic E-state index is 5.28. The van der Waals surface area contributed by atoms with Crippen LogP contribution >= 0.6 is 0 Å². The van der Waals surface area contributed by atoms with Crippen LogP contribution in [0.5, 0.6) is 0 Å². The van der Waals surface area contributed by atoms with Gasteiger partial charge in [-0.1, -0.05) is 79.1 Å². The van der Waals surface area contributed by atoms with Crippen LogP contribution in [0.3, 0.4) is 0 Å². The fraction of sp³-hybridized carbons (Fsp3) is 1.00. The average molecular weight is 353 g/mol. The van der Waals surface area contributed by atoms with Crippen LogP contribution in [0.4, 0.5) is 0 Å². The lowest BCUT2D eigenvalue weighted by atomic mass is 9.71. The highest BCUT2D eigenvalue weighted by atomic mass is 16.5. The number of rotatable bonds is 3. The van der Waals surface area contributed by atoms with Crippen LogP contribution in [0.2, 0.25) is 0 Å². The van der Waals surface area contributed by atoms with Gasteiger partial charge in [0.05, 0.1) is 6.10 Å². The van der Waals surface area contributed by atoms with E-state index in [-0.39, 0.29) is 0 Å². The van der Waals surface area contributed by atoms with Gasteiger partial charge in [0.1, 0.15) is 0 Å². The largest absolute Gasteiger partial charge is 0.381 e. The van der Waals surface area contributed by atoms with E-state index >= 15 is 0 Å². The van der Waals surface area contributed by atoms with Crippen LogP contribution in [-0.2, 0) is 4.74 Å². The second-order valence-electron chi connectivity index (χ2n) is 8.70. The molecule has 25 heavy (non-hydrogen) atoms. The lowest BCUT2D eigenvalue weighted by Crippen LogP contribution is -2.22. The topological polar surface area (TPSA) is 9.23 Å².